The molecule has 4 nitrogen and oxygen atoms in total. The van der Waals surface area contributed by atoms with E-state index in [1.54, 1.807) is 11.8 Å². The van der Waals surface area contributed by atoms with Crippen LogP contribution in [0.25, 0.3) is 0 Å². The number of hydrogen-bond donors (Lipinski definition) is 1. The van der Waals surface area contributed by atoms with Crippen LogP contribution in [-0.2, 0) is 9.53 Å². The van der Waals surface area contributed by atoms with Crippen molar-refractivity contribution in [2.24, 2.45) is 0 Å². The molecule has 122 valence electrons. The van der Waals surface area contributed by atoms with Crippen LogP contribution in [0.4, 0.5) is 5.69 Å². The number of carbonyl (C=O) groups excluding carboxylic acids is 1. The Morgan fingerprint density at radius 1 is 1.32 bits per heavy atom. The SMILES string of the molecule is CCCSCC(=O)Nc1ccc(C(C)N2CCOCC2)cc1. The molecule has 1 N–H and O–H groups in total. The zero-order chi connectivity index (χ0) is 15.8. The van der Waals surface area contributed by atoms with Gasteiger partial charge in [0.1, 0.15) is 0 Å². The molecule has 1 saturated heterocycles. The topological polar surface area (TPSA) is 41.6 Å². The molecular formula is C17H26N2O2S. The lowest BCUT2D eigenvalue weighted by Gasteiger charge is -2.32. The van der Waals surface area contributed by atoms with Gasteiger partial charge in [0.25, 0.3) is 0 Å². The Morgan fingerprint density at radius 2 is 2.00 bits per heavy atom. The van der Waals surface area contributed by atoms with Crippen molar-refractivity contribution < 1.29 is 9.53 Å². The molecule has 1 fully saturated rings. The monoisotopic (exact) mass is 322 g/mol. The molecule has 0 spiro atoms. The highest BCUT2D eigenvalue weighted by Gasteiger charge is 2.18. The molecule has 1 atom stereocenters. The lowest BCUT2D eigenvalue weighted by Crippen LogP contribution is -2.38. The minimum absolute atomic E-state index is 0.0763. The third-order valence-corrected chi connectivity index (χ3v) is 5.02. The highest BCUT2D eigenvalue weighted by molar-refractivity contribution is 7.99. The zero-order valence-corrected chi connectivity index (χ0v) is 14.3. The second-order valence-electron chi connectivity index (χ2n) is 5.55. The number of nitrogens with one attached hydrogen (secondary N) is 1. The number of carbonyl (C=O) groups is 1. The van der Waals surface area contributed by atoms with Gasteiger partial charge in [-0.2, -0.15) is 11.8 Å². The second-order valence-corrected chi connectivity index (χ2v) is 6.65. The largest absolute Gasteiger partial charge is 0.379 e. The van der Waals surface area contributed by atoms with Crippen LogP contribution in [0, 0.1) is 0 Å². The first-order valence-corrected chi connectivity index (χ1v) is 9.15. The summed E-state index contributed by atoms with van der Waals surface area (Å²) in [7, 11) is 0. The van der Waals surface area contributed by atoms with Crippen LogP contribution in [0.2, 0.25) is 0 Å². The van der Waals surface area contributed by atoms with Gasteiger partial charge in [0.05, 0.1) is 19.0 Å². The van der Waals surface area contributed by atoms with E-state index < -0.39 is 0 Å². The van der Waals surface area contributed by atoms with Gasteiger partial charge in [-0.25, -0.2) is 0 Å². The van der Waals surface area contributed by atoms with E-state index in [-0.39, 0.29) is 5.91 Å². The zero-order valence-electron chi connectivity index (χ0n) is 13.5. The van der Waals surface area contributed by atoms with E-state index in [2.05, 4.69) is 36.2 Å². The van der Waals surface area contributed by atoms with Crippen molar-refractivity contribution >= 4 is 23.4 Å². The van der Waals surface area contributed by atoms with Crippen molar-refractivity contribution in [3.63, 3.8) is 0 Å². The van der Waals surface area contributed by atoms with Crippen molar-refractivity contribution in [2.75, 3.05) is 43.1 Å². The number of hydrogen-bond acceptors (Lipinski definition) is 4. The van der Waals surface area contributed by atoms with Crippen LogP contribution in [0.15, 0.2) is 24.3 Å². The Kier molecular flexibility index (Phi) is 7.22. The van der Waals surface area contributed by atoms with E-state index in [0.29, 0.717) is 11.8 Å². The lowest BCUT2D eigenvalue weighted by atomic mass is 10.1. The second kappa shape index (κ2) is 9.18. The highest BCUT2D eigenvalue weighted by Crippen LogP contribution is 2.22. The Labute approximate surface area is 137 Å². The average molecular weight is 322 g/mol. The van der Waals surface area contributed by atoms with E-state index in [4.69, 9.17) is 4.74 Å². The molecule has 0 radical (unpaired) electrons. The van der Waals surface area contributed by atoms with Crippen LogP contribution in [-0.4, -0.2) is 48.6 Å². The number of morpholine rings is 1. The van der Waals surface area contributed by atoms with E-state index in [1.807, 2.05) is 12.1 Å². The number of anilines is 1. The molecule has 1 heterocycles. The van der Waals surface area contributed by atoms with Crippen molar-refractivity contribution in [3.05, 3.63) is 29.8 Å². The Morgan fingerprint density at radius 3 is 2.64 bits per heavy atom. The van der Waals surface area contributed by atoms with Gasteiger partial charge in [-0.05, 0) is 36.8 Å². The predicted molar refractivity (Wildman–Crippen MR) is 93.5 cm³/mol. The third-order valence-electron chi connectivity index (χ3n) is 3.85. The summed E-state index contributed by atoms with van der Waals surface area (Å²) in [6, 6.07) is 8.58. The molecule has 1 aromatic rings. The predicted octanol–water partition coefficient (Wildman–Crippen LogP) is 3.16. The van der Waals surface area contributed by atoms with E-state index in [1.165, 1.54) is 5.56 Å². The minimum atomic E-state index is 0.0763. The molecule has 1 aliphatic heterocycles. The number of ether oxygens (including phenoxy) is 1. The van der Waals surface area contributed by atoms with Crippen LogP contribution >= 0.6 is 11.8 Å². The molecule has 0 aliphatic carbocycles. The van der Waals surface area contributed by atoms with Gasteiger partial charge in [-0.1, -0.05) is 19.1 Å². The molecule has 2 rings (SSSR count). The van der Waals surface area contributed by atoms with Gasteiger partial charge < -0.3 is 10.1 Å². The van der Waals surface area contributed by atoms with Gasteiger partial charge in [-0.15, -0.1) is 0 Å². The molecule has 0 saturated carbocycles. The summed E-state index contributed by atoms with van der Waals surface area (Å²) in [6.45, 7) is 7.93. The fourth-order valence-corrected chi connectivity index (χ4v) is 3.22. The molecule has 0 bridgehead atoms. The fourth-order valence-electron chi connectivity index (χ4n) is 2.53. The van der Waals surface area contributed by atoms with Crippen LogP contribution in [0.3, 0.4) is 0 Å². The van der Waals surface area contributed by atoms with Crippen LogP contribution in [0.1, 0.15) is 31.9 Å². The van der Waals surface area contributed by atoms with Crippen LogP contribution < -0.4 is 5.32 Å². The number of rotatable bonds is 7. The standard InChI is InChI=1S/C17H26N2O2S/c1-3-12-22-13-17(20)18-16-6-4-15(5-7-16)14(2)19-8-10-21-11-9-19/h4-7,14H,3,8-13H2,1-2H3,(H,18,20). The first-order valence-electron chi connectivity index (χ1n) is 8.00. The van der Waals surface area contributed by atoms with Gasteiger partial charge in [0.15, 0.2) is 0 Å². The maximum absolute atomic E-state index is 11.8. The van der Waals surface area contributed by atoms with E-state index in [0.717, 1.165) is 44.2 Å². The van der Waals surface area contributed by atoms with Crippen molar-refractivity contribution in [3.8, 4) is 0 Å². The maximum atomic E-state index is 11.8. The molecule has 1 aromatic carbocycles. The molecule has 1 unspecified atom stereocenters. The molecule has 0 aromatic heterocycles. The number of nitrogens with zero attached hydrogens (tertiary/aromatic N) is 1. The molecule has 22 heavy (non-hydrogen) atoms. The molecule has 1 aliphatic rings. The number of thioether (sulfide) groups is 1. The molecule has 1 amide bonds. The highest BCUT2D eigenvalue weighted by atomic mass is 32.2. The normalized spacial score (nSPS) is 17.2. The minimum Gasteiger partial charge on any atom is -0.379 e. The summed E-state index contributed by atoms with van der Waals surface area (Å²) in [5.74, 6) is 1.64. The summed E-state index contributed by atoms with van der Waals surface area (Å²) >= 11 is 1.68. The van der Waals surface area contributed by atoms with Gasteiger partial charge >= 0.3 is 0 Å². The lowest BCUT2D eigenvalue weighted by molar-refractivity contribution is -0.113. The first kappa shape index (κ1) is 17.3. The number of amides is 1. The summed E-state index contributed by atoms with van der Waals surface area (Å²) in [4.78, 5) is 14.2. The average Bonchev–Trinajstić information content (AvgIpc) is 2.56. The molecule has 5 heteroatoms. The van der Waals surface area contributed by atoms with Gasteiger partial charge in [0, 0.05) is 24.8 Å². The summed E-state index contributed by atoms with van der Waals surface area (Å²) in [5.41, 5.74) is 2.15. The summed E-state index contributed by atoms with van der Waals surface area (Å²) < 4.78 is 5.40. The summed E-state index contributed by atoms with van der Waals surface area (Å²) in [5, 5.41) is 2.95. The first-order chi connectivity index (χ1) is 10.7. The van der Waals surface area contributed by atoms with Crippen LogP contribution in [0.5, 0.6) is 0 Å². The Balaban J connectivity index is 1.85. The Bertz CT molecular complexity index is 458. The van der Waals surface area contributed by atoms with Gasteiger partial charge in [0.2, 0.25) is 5.91 Å². The summed E-state index contributed by atoms with van der Waals surface area (Å²) in [6.07, 6.45) is 1.10. The van der Waals surface area contributed by atoms with E-state index >= 15 is 0 Å². The molecular weight excluding hydrogens is 296 g/mol. The Hall–Kier alpha value is -1.04. The quantitative estimate of drug-likeness (QED) is 0.783. The van der Waals surface area contributed by atoms with Crippen molar-refractivity contribution in [1.29, 1.82) is 0 Å². The smallest absolute Gasteiger partial charge is 0.234 e. The van der Waals surface area contributed by atoms with Gasteiger partial charge in [-0.3, -0.25) is 9.69 Å². The fraction of sp³-hybridized carbons (Fsp3) is 0.588. The van der Waals surface area contributed by atoms with Crippen molar-refractivity contribution in [2.45, 2.75) is 26.3 Å². The maximum Gasteiger partial charge on any atom is 0.234 e. The third kappa shape index (κ3) is 5.30. The number of benzene rings is 1. The van der Waals surface area contributed by atoms with E-state index in [9.17, 15) is 4.79 Å². The van der Waals surface area contributed by atoms with Crippen molar-refractivity contribution in [1.82, 2.24) is 4.90 Å².